The highest BCUT2D eigenvalue weighted by Gasteiger charge is 2.55. The standard InChI is InChI=1S/C30H37FN2O2S/c1-19(2)17-32(29(35)30-14-20-11-21(15-30)13-22(12-20)16-30)18-27(34)33-9-7-26-25(8-10-36-26)28(33)23-3-5-24(31)6-4-23/h3-6,8,10,19-22,28H,7,9,11-18H2,1-2H3. The van der Waals surface area contributed by atoms with Crippen LogP contribution in [0.25, 0.3) is 0 Å². The van der Waals surface area contributed by atoms with Crippen LogP contribution in [0.2, 0.25) is 0 Å². The van der Waals surface area contributed by atoms with Crippen LogP contribution in [-0.4, -0.2) is 41.2 Å². The van der Waals surface area contributed by atoms with E-state index >= 15 is 0 Å². The Bertz CT molecular complexity index is 1100. The molecule has 2 heterocycles. The molecule has 6 heteroatoms. The van der Waals surface area contributed by atoms with Crippen LogP contribution in [0.15, 0.2) is 35.7 Å². The van der Waals surface area contributed by atoms with Gasteiger partial charge in [0.05, 0.1) is 18.0 Å². The maximum atomic E-state index is 14.2. The first kappa shape index (κ1) is 24.1. The van der Waals surface area contributed by atoms with E-state index in [4.69, 9.17) is 0 Å². The zero-order chi connectivity index (χ0) is 25.0. The van der Waals surface area contributed by atoms with E-state index < -0.39 is 0 Å². The van der Waals surface area contributed by atoms with E-state index in [9.17, 15) is 14.0 Å². The zero-order valence-electron chi connectivity index (χ0n) is 21.4. The fourth-order valence-corrected chi connectivity index (χ4v) is 9.12. The molecular formula is C30H37FN2O2S. The summed E-state index contributed by atoms with van der Waals surface area (Å²) in [6.45, 7) is 5.63. The molecule has 5 aliphatic rings. The highest BCUT2D eigenvalue weighted by atomic mass is 32.1. The van der Waals surface area contributed by atoms with E-state index in [0.717, 1.165) is 36.8 Å². The molecule has 4 nitrogen and oxygen atoms in total. The molecule has 0 saturated heterocycles. The highest BCUT2D eigenvalue weighted by molar-refractivity contribution is 7.10. The molecule has 4 saturated carbocycles. The zero-order valence-corrected chi connectivity index (χ0v) is 22.2. The van der Waals surface area contributed by atoms with Crippen molar-refractivity contribution in [2.75, 3.05) is 19.6 Å². The first-order valence-electron chi connectivity index (χ1n) is 13.7. The predicted octanol–water partition coefficient (Wildman–Crippen LogP) is 6.06. The van der Waals surface area contributed by atoms with Crippen molar-refractivity contribution in [2.24, 2.45) is 29.1 Å². The van der Waals surface area contributed by atoms with Gasteiger partial charge in [-0.25, -0.2) is 4.39 Å². The smallest absolute Gasteiger partial charge is 0.242 e. The van der Waals surface area contributed by atoms with Gasteiger partial charge in [-0.1, -0.05) is 26.0 Å². The summed E-state index contributed by atoms with van der Waals surface area (Å²) in [5, 5.41) is 2.08. The van der Waals surface area contributed by atoms with Crippen LogP contribution >= 0.6 is 11.3 Å². The maximum absolute atomic E-state index is 14.2. The lowest BCUT2D eigenvalue weighted by Crippen LogP contribution is -2.57. The Kier molecular flexibility index (Phi) is 6.22. The van der Waals surface area contributed by atoms with Crippen molar-refractivity contribution in [3.63, 3.8) is 0 Å². The average molecular weight is 509 g/mol. The highest BCUT2D eigenvalue weighted by Crippen LogP contribution is 2.60. The summed E-state index contributed by atoms with van der Waals surface area (Å²) in [5.41, 5.74) is 1.81. The summed E-state index contributed by atoms with van der Waals surface area (Å²) >= 11 is 1.72. The summed E-state index contributed by atoms with van der Waals surface area (Å²) in [5.74, 6) is 2.34. The van der Waals surface area contributed by atoms with E-state index in [1.54, 1.807) is 23.5 Å². The minimum atomic E-state index is -0.276. The van der Waals surface area contributed by atoms with Crippen molar-refractivity contribution in [1.82, 2.24) is 9.80 Å². The molecule has 4 bridgehead atoms. The van der Waals surface area contributed by atoms with Crippen LogP contribution in [0.1, 0.15) is 74.4 Å². The molecule has 1 aliphatic heterocycles. The molecule has 2 aromatic rings. The van der Waals surface area contributed by atoms with E-state index in [2.05, 4.69) is 25.3 Å². The SMILES string of the molecule is CC(C)CN(CC(=O)N1CCc2sccc2C1c1ccc(F)cc1)C(=O)C12CC3CC(CC(C3)C1)C2. The molecule has 0 N–H and O–H groups in total. The summed E-state index contributed by atoms with van der Waals surface area (Å²) in [7, 11) is 0. The first-order valence-corrected chi connectivity index (χ1v) is 14.6. The molecule has 1 atom stereocenters. The number of carbonyl (C=O) groups excluding carboxylic acids is 2. The van der Waals surface area contributed by atoms with Crippen LogP contribution < -0.4 is 0 Å². The molecule has 0 spiro atoms. The van der Waals surface area contributed by atoms with Crippen LogP contribution in [0.3, 0.4) is 0 Å². The van der Waals surface area contributed by atoms with Gasteiger partial charge in [-0.3, -0.25) is 9.59 Å². The number of carbonyl (C=O) groups is 2. The monoisotopic (exact) mass is 508 g/mol. The quantitative estimate of drug-likeness (QED) is 0.476. The summed E-state index contributed by atoms with van der Waals surface area (Å²) in [6.07, 6.45) is 7.76. The Morgan fingerprint density at radius 1 is 1.06 bits per heavy atom. The van der Waals surface area contributed by atoms with Gasteiger partial charge < -0.3 is 9.80 Å². The number of nitrogens with zero attached hydrogens (tertiary/aromatic N) is 2. The molecule has 4 aliphatic carbocycles. The lowest BCUT2D eigenvalue weighted by molar-refractivity contribution is -0.161. The minimum Gasteiger partial charge on any atom is -0.333 e. The van der Waals surface area contributed by atoms with Gasteiger partial charge in [0.25, 0.3) is 0 Å². The second-order valence-electron chi connectivity index (χ2n) is 12.4. The number of benzene rings is 1. The molecule has 192 valence electrons. The van der Waals surface area contributed by atoms with Crippen molar-refractivity contribution >= 4 is 23.2 Å². The molecule has 36 heavy (non-hydrogen) atoms. The molecule has 1 unspecified atom stereocenters. The molecule has 4 fully saturated rings. The lowest BCUT2D eigenvalue weighted by atomic mass is 9.49. The second kappa shape index (κ2) is 9.27. The first-order chi connectivity index (χ1) is 17.3. The second-order valence-corrected chi connectivity index (χ2v) is 13.4. The van der Waals surface area contributed by atoms with Gasteiger partial charge >= 0.3 is 0 Å². The van der Waals surface area contributed by atoms with Gasteiger partial charge in [0, 0.05) is 18.0 Å². The minimum absolute atomic E-state index is 0.0000895. The van der Waals surface area contributed by atoms with Gasteiger partial charge in [0.2, 0.25) is 11.8 Å². The fraction of sp³-hybridized carbons (Fsp3) is 0.600. The largest absolute Gasteiger partial charge is 0.333 e. The lowest BCUT2D eigenvalue weighted by Gasteiger charge is -2.56. The van der Waals surface area contributed by atoms with Gasteiger partial charge in [-0.15, -0.1) is 11.3 Å². The third-order valence-electron chi connectivity index (χ3n) is 9.16. The molecule has 2 amide bonds. The van der Waals surface area contributed by atoms with Crippen LogP contribution in [0, 0.1) is 34.9 Å². The van der Waals surface area contributed by atoms with E-state index in [-0.39, 0.29) is 35.6 Å². The number of halogens is 1. The number of fused-ring (bicyclic) bond motifs is 1. The molecule has 1 aromatic heterocycles. The van der Waals surface area contributed by atoms with Gasteiger partial charge in [-0.05, 0) is 103 Å². The van der Waals surface area contributed by atoms with Crippen LogP contribution in [0.4, 0.5) is 4.39 Å². The fourth-order valence-electron chi connectivity index (χ4n) is 8.21. The molecular weight excluding hydrogens is 471 g/mol. The predicted molar refractivity (Wildman–Crippen MR) is 140 cm³/mol. The topological polar surface area (TPSA) is 40.6 Å². The van der Waals surface area contributed by atoms with Gasteiger partial charge in [0.1, 0.15) is 5.82 Å². The number of hydrogen-bond acceptors (Lipinski definition) is 3. The van der Waals surface area contributed by atoms with Crippen molar-refractivity contribution in [3.8, 4) is 0 Å². The molecule has 1 aromatic carbocycles. The van der Waals surface area contributed by atoms with E-state index in [1.807, 2.05) is 9.80 Å². The van der Waals surface area contributed by atoms with Gasteiger partial charge in [-0.2, -0.15) is 0 Å². The number of amides is 2. The van der Waals surface area contributed by atoms with Crippen molar-refractivity contribution in [2.45, 2.75) is 64.8 Å². The third kappa shape index (κ3) is 4.29. The van der Waals surface area contributed by atoms with E-state index in [1.165, 1.54) is 36.3 Å². The Hall–Kier alpha value is -2.21. The average Bonchev–Trinajstić information content (AvgIpc) is 3.31. The normalized spacial score (nSPS) is 30.5. The van der Waals surface area contributed by atoms with Crippen molar-refractivity contribution in [1.29, 1.82) is 0 Å². The number of rotatable bonds is 6. The van der Waals surface area contributed by atoms with Crippen molar-refractivity contribution < 1.29 is 14.0 Å². The van der Waals surface area contributed by atoms with Gasteiger partial charge in [0.15, 0.2) is 0 Å². The molecule has 7 rings (SSSR count). The third-order valence-corrected chi connectivity index (χ3v) is 10.2. The van der Waals surface area contributed by atoms with Crippen molar-refractivity contribution in [3.05, 3.63) is 57.5 Å². The maximum Gasteiger partial charge on any atom is 0.242 e. The Morgan fingerprint density at radius 2 is 1.69 bits per heavy atom. The summed E-state index contributed by atoms with van der Waals surface area (Å²) in [6, 6.07) is 8.39. The van der Waals surface area contributed by atoms with Crippen LogP contribution in [0.5, 0.6) is 0 Å². The Labute approximate surface area is 217 Å². The number of thiophene rings is 1. The summed E-state index contributed by atoms with van der Waals surface area (Å²) in [4.78, 5) is 33.3. The Balaban J connectivity index is 1.27. The molecule has 0 radical (unpaired) electrons. The summed E-state index contributed by atoms with van der Waals surface area (Å²) < 4.78 is 13.7. The Morgan fingerprint density at radius 3 is 2.31 bits per heavy atom. The van der Waals surface area contributed by atoms with E-state index in [0.29, 0.717) is 36.8 Å². The van der Waals surface area contributed by atoms with Crippen LogP contribution in [-0.2, 0) is 16.0 Å². The number of hydrogen-bond donors (Lipinski definition) is 0.